The van der Waals surface area contributed by atoms with Gasteiger partial charge < -0.3 is 5.32 Å². The molecule has 0 spiro atoms. The number of aryl methyl sites for hydroxylation is 1. The van der Waals surface area contributed by atoms with Crippen molar-refractivity contribution in [2.24, 2.45) is 0 Å². The van der Waals surface area contributed by atoms with Crippen LogP contribution >= 0.6 is 0 Å². The van der Waals surface area contributed by atoms with Crippen LogP contribution in [0.4, 0.5) is 0 Å². The van der Waals surface area contributed by atoms with Gasteiger partial charge in [-0.15, -0.1) is 13.2 Å². The zero-order valence-corrected chi connectivity index (χ0v) is 10.1. The van der Waals surface area contributed by atoms with Gasteiger partial charge in [0.2, 0.25) is 0 Å². The fourth-order valence-electron chi connectivity index (χ4n) is 2.50. The van der Waals surface area contributed by atoms with Gasteiger partial charge in [0.1, 0.15) is 0 Å². The summed E-state index contributed by atoms with van der Waals surface area (Å²) in [7, 11) is 0. The van der Waals surface area contributed by atoms with Crippen LogP contribution in [0.3, 0.4) is 0 Å². The lowest BCUT2D eigenvalue weighted by Crippen LogP contribution is -2.38. The molecule has 1 aromatic carbocycles. The number of hydrogen-bond acceptors (Lipinski definition) is 1. The van der Waals surface area contributed by atoms with Crippen molar-refractivity contribution in [2.45, 2.75) is 25.3 Å². The summed E-state index contributed by atoms with van der Waals surface area (Å²) in [5.74, 6) is 0.00343. The molecule has 17 heavy (non-hydrogen) atoms. The Hall–Kier alpha value is -1.83. The Morgan fingerprint density at radius 3 is 2.53 bits per heavy atom. The highest BCUT2D eigenvalue weighted by molar-refractivity contribution is 6.00. The first-order chi connectivity index (χ1) is 8.13. The Morgan fingerprint density at radius 1 is 1.29 bits per heavy atom. The highest BCUT2D eigenvalue weighted by Crippen LogP contribution is 2.37. The van der Waals surface area contributed by atoms with Crippen molar-refractivity contribution in [3.63, 3.8) is 0 Å². The topological polar surface area (TPSA) is 29.1 Å². The Balaban J connectivity index is 2.58. The van der Waals surface area contributed by atoms with Gasteiger partial charge >= 0.3 is 0 Å². The highest BCUT2D eigenvalue weighted by Gasteiger charge is 2.40. The molecule has 0 fully saturated rings. The van der Waals surface area contributed by atoms with E-state index in [4.69, 9.17) is 0 Å². The first-order valence-corrected chi connectivity index (χ1v) is 5.78. The van der Waals surface area contributed by atoms with Crippen LogP contribution in [0.2, 0.25) is 0 Å². The molecule has 0 atom stereocenters. The monoisotopic (exact) mass is 227 g/mol. The average molecular weight is 227 g/mol. The van der Waals surface area contributed by atoms with Crippen molar-refractivity contribution in [3.05, 3.63) is 60.2 Å². The maximum Gasteiger partial charge on any atom is 0.252 e. The molecule has 0 aliphatic carbocycles. The van der Waals surface area contributed by atoms with E-state index in [1.807, 2.05) is 31.2 Å². The first-order valence-electron chi connectivity index (χ1n) is 5.78. The fraction of sp³-hybridized carbons (Fsp3) is 0.267. The molecular weight excluding hydrogens is 210 g/mol. The summed E-state index contributed by atoms with van der Waals surface area (Å²) >= 11 is 0. The van der Waals surface area contributed by atoms with E-state index in [9.17, 15) is 4.79 Å². The van der Waals surface area contributed by atoms with Gasteiger partial charge in [0.15, 0.2) is 0 Å². The van der Waals surface area contributed by atoms with E-state index >= 15 is 0 Å². The van der Waals surface area contributed by atoms with Crippen LogP contribution in [0.25, 0.3) is 0 Å². The van der Waals surface area contributed by atoms with E-state index in [2.05, 4.69) is 24.5 Å². The molecule has 1 heterocycles. The van der Waals surface area contributed by atoms with E-state index in [-0.39, 0.29) is 11.4 Å². The van der Waals surface area contributed by atoms with Gasteiger partial charge in [-0.25, -0.2) is 0 Å². The zero-order valence-electron chi connectivity index (χ0n) is 10.1. The van der Waals surface area contributed by atoms with E-state index in [1.54, 1.807) is 0 Å². The Morgan fingerprint density at radius 2 is 1.94 bits per heavy atom. The molecule has 0 radical (unpaired) electrons. The summed E-state index contributed by atoms with van der Waals surface area (Å²) in [6.07, 6.45) is 5.14. The van der Waals surface area contributed by atoms with Crippen LogP contribution in [-0.4, -0.2) is 5.91 Å². The van der Waals surface area contributed by atoms with Crippen molar-refractivity contribution in [2.75, 3.05) is 0 Å². The van der Waals surface area contributed by atoms with Crippen molar-refractivity contribution in [3.8, 4) is 0 Å². The molecule has 1 amide bonds. The number of fused-ring (bicyclic) bond motifs is 1. The summed E-state index contributed by atoms with van der Waals surface area (Å²) in [4.78, 5) is 12.0. The lowest BCUT2D eigenvalue weighted by Gasteiger charge is -2.28. The molecule has 0 saturated heterocycles. The first kappa shape index (κ1) is 11.6. The predicted octanol–water partition coefficient (Wildman–Crippen LogP) is 3.09. The smallest absolute Gasteiger partial charge is 0.252 e. The quantitative estimate of drug-likeness (QED) is 0.787. The average Bonchev–Trinajstić information content (AvgIpc) is 2.53. The SMILES string of the molecule is C=CCC1(CC=C)NC(=O)c2ccc(C)cc21. The minimum Gasteiger partial charge on any atom is -0.342 e. The fourth-order valence-corrected chi connectivity index (χ4v) is 2.50. The highest BCUT2D eigenvalue weighted by atomic mass is 16.2. The summed E-state index contributed by atoms with van der Waals surface area (Å²) in [5, 5.41) is 3.08. The second kappa shape index (κ2) is 4.21. The Labute approximate surface area is 102 Å². The second-order valence-electron chi connectivity index (χ2n) is 4.57. The predicted molar refractivity (Wildman–Crippen MR) is 70.0 cm³/mol. The van der Waals surface area contributed by atoms with Crippen LogP contribution in [-0.2, 0) is 5.54 Å². The third kappa shape index (κ3) is 1.80. The molecule has 88 valence electrons. The zero-order chi connectivity index (χ0) is 12.5. The molecule has 2 rings (SSSR count). The number of rotatable bonds is 4. The van der Waals surface area contributed by atoms with E-state index in [0.29, 0.717) is 0 Å². The maximum absolute atomic E-state index is 12.0. The van der Waals surface area contributed by atoms with Gasteiger partial charge in [-0.1, -0.05) is 29.8 Å². The van der Waals surface area contributed by atoms with Crippen LogP contribution in [0.1, 0.15) is 34.3 Å². The summed E-state index contributed by atoms with van der Waals surface area (Å²) in [5.41, 5.74) is 2.67. The van der Waals surface area contributed by atoms with Crippen molar-refractivity contribution >= 4 is 5.91 Å². The van der Waals surface area contributed by atoms with Gasteiger partial charge in [0, 0.05) is 5.56 Å². The van der Waals surface area contributed by atoms with Gasteiger partial charge in [-0.05, 0) is 31.4 Å². The summed E-state index contributed by atoms with van der Waals surface area (Å²) in [6, 6.07) is 5.95. The molecule has 2 heteroatoms. The van der Waals surface area contributed by atoms with Gasteiger partial charge in [-0.3, -0.25) is 4.79 Å². The van der Waals surface area contributed by atoms with E-state index in [0.717, 1.165) is 29.5 Å². The van der Waals surface area contributed by atoms with Crippen molar-refractivity contribution in [1.29, 1.82) is 0 Å². The van der Waals surface area contributed by atoms with E-state index in [1.165, 1.54) is 0 Å². The summed E-state index contributed by atoms with van der Waals surface area (Å²) in [6.45, 7) is 9.61. The number of carbonyl (C=O) groups is 1. The lowest BCUT2D eigenvalue weighted by molar-refractivity contribution is 0.0930. The van der Waals surface area contributed by atoms with E-state index < -0.39 is 0 Å². The molecule has 0 bridgehead atoms. The lowest BCUT2D eigenvalue weighted by atomic mass is 9.83. The number of benzene rings is 1. The minimum absolute atomic E-state index is 0.00343. The molecular formula is C15H17NO. The maximum atomic E-state index is 12.0. The van der Waals surface area contributed by atoms with Crippen LogP contribution in [0, 0.1) is 6.92 Å². The van der Waals surface area contributed by atoms with Gasteiger partial charge in [0.05, 0.1) is 5.54 Å². The number of nitrogens with one attached hydrogen (secondary N) is 1. The minimum atomic E-state index is -0.345. The standard InChI is InChI=1S/C15H17NO/c1-4-8-15(9-5-2)13-10-11(3)6-7-12(13)14(17)16-15/h4-7,10H,1-2,8-9H2,3H3,(H,16,17). The van der Waals surface area contributed by atoms with Crippen molar-refractivity contribution in [1.82, 2.24) is 5.32 Å². The van der Waals surface area contributed by atoms with Crippen LogP contribution < -0.4 is 5.32 Å². The number of amides is 1. The van der Waals surface area contributed by atoms with Crippen LogP contribution in [0.5, 0.6) is 0 Å². The third-order valence-electron chi connectivity index (χ3n) is 3.27. The second-order valence-corrected chi connectivity index (χ2v) is 4.57. The van der Waals surface area contributed by atoms with Gasteiger partial charge in [-0.2, -0.15) is 0 Å². The molecule has 0 saturated carbocycles. The Kier molecular flexibility index (Phi) is 2.88. The molecule has 2 nitrogen and oxygen atoms in total. The molecule has 1 aliphatic rings. The Bertz CT molecular complexity index is 478. The molecule has 0 aromatic heterocycles. The molecule has 1 N–H and O–H groups in total. The van der Waals surface area contributed by atoms with Gasteiger partial charge in [0.25, 0.3) is 5.91 Å². The van der Waals surface area contributed by atoms with Crippen LogP contribution in [0.15, 0.2) is 43.5 Å². The van der Waals surface area contributed by atoms with Crippen molar-refractivity contribution < 1.29 is 4.79 Å². The normalized spacial score (nSPS) is 16.2. The number of carbonyl (C=O) groups excluding carboxylic acids is 1. The molecule has 1 aromatic rings. The third-order valence-corrected chi connectivity index (χ3v) is 3.27. The summed E-state index contributed by atoms with van der Waals surface area (Å²) < 4.78 is 0. The number of hydrogen-bond donors (Lipinski definition) is 1. The molecule has 1 aliphatic heterocycles. The molecule has 0 unspecified atom stereocenters. The largest absolute Gasteiger partial charge is 0.342 e.